The molecule has 0 aromatic carbocycles. The Hall–Kier alpha value is 0.400. The van der Waals surface area contributed by atoms with Crippen LogP contribution < -0.4 is 0 Å². The Balaban J connectivity index is 3.14. The van der Waals surface area contributed by atoms with Crippen molar-refractivity contribution < 1.29 is 4.74 Å². The second kappa shape index (κ2) is 9.94. The quantitative estimate of drug-likeness (QED) is 0.470. The van der Waals surface area contributed by atoms with E-state index in [-0.39, 0.29) is 0 Å². The first-order chi connectivity index (χ1) is 6.66. The van der Waals surface area contributed by atoms with Crippen molar-refractivity contribution in [2.24, 2.45) is 0 Å². The van der Waals surface area contributed by atoms with Crippen LogP contribution in [-0.2, 0) is 4.74 Å². The third kappa shape index (κ3) is 10.5. The Morgan fingerprint density at radius 3 is 2.57 bits per heavy atom. The smallest absolute Gasteiger partial charge is 0.0593 e. The number of rotatable bonds is 9. The van der Waals surface area contributed by atoms with Crippen LogP contribution in [0.15, 0.2) is 0 Å². The van der Waals surface area contributed by atoms with Gasteiger partial charge in [0.2, 0.25) is 0 Å². The van der Waals surface area contributed by atoms with Gasteiger partial charge in [0.1, 0.15) is 0 Å². The molecule has 14 heavy (non-hydrogen) atoms. The number of hydrogen-bond acceptors (Lipinski definition) is 2. The van der Waals surface area contributed by atoms with Crippen LogP contribution in [0.2, 0.25) is 0 Å². The molecule has 3 heteroatoms. The summed E-state index contributed by atoms with van der Waals surface area (Å²) < 4.78 is 5.50. The average molecular weight is 266 g/mol. The zero-order chi connectivity index (χ0) is 10.8. The maximum Gasteiger partial charge on any atom is 0.0593 e. The summed E-state index contributed by atoms with van der Waals surface area (Å²) in [7, 11) is 2.15. The normalized spacial score (nSPS) is 13.5. The van der Waals surface area contributed by atoms with Gasteiger partial charge < -0.3 is 9.64 Å². The number of hydrogen-bond donors (Lipinski definition) is 0. The van der Waals surface area contributed by atoms with E-state index in [1.807, 2.05) is 0 Å². The zero-order valence-corrected chi connectivity index (χ0v) is 11.3. The Morgan fingerprint density at radius 2 is 2.00 bits per heavy atom. The van der Waals surface area contributed by atoms with Crippen molar-refractivity contribution in [1.82, 2.24) is 4.90 Å². The molecule has 2 nitrogen and oxygen atoms in total. The maximum atomic E-state index is 5.50. The second-order valence-electron chi connectivity index (χ2n) is 3.84. The summed E-state index contributed by atoms with van der Waals surface area (Å²) in [6, 6.07) is 0. The van der Waals surface area contributed by atoms with Crippen LogP contribution >= 0.6 is 15.9 Å². The molecule has 0 spiro atoms. The van der Waals surface area contributed by atoms with Gasteiger partial charge in [0.25, 0.3) is 0 Å². The van der Waals surface area contributed by atoms with E-state index >= 15 is 0 Å². The van der Waals surface area contributed by atoms with Gasteiger partial charge in [-0.3, -0.25) is 0 Å². The van der Waals surface area contributed by atoms with E-state index in [4.69, 9.17) is 4.74 Å². The van der Waals surface area contributed by atoms with Crippen LogP contribution in [-0.4, -0.2) is 43.1 Å². The predicted octanol–water partition coefficient (Wildman–Crippen LogP) is 2.91. The molecule has 1 unspecified atom stereocenters. The minimum absolute atomic E-state index is 0.617. The molecule has 0 N–H and O–H groups in total. The van der Waals surface area contributed by atoms with Crippen molar-refractivity contribution in [3.63, 3.8) is 0 Å². The van der Waals surface area contributed by atoms with Crippen molar-refractivity contribution in [1.29, 1.82) is 0 Å². The summed E-state index contributed by atoms with van der Waals surface area (Å²) >= 11 is 3.55. The molecule has 0 heterocycles. The van der Waals surface area contributed by atoms with Crippen LogP contribution in [0.5, 0.6) is 0 Å². The number of halogens is 1. The van der Waals surface area contributed by atoms with Gasteiger partial charge in [-0.05, 0) is 26.4 Å². The molecule has 86 valence electrons. The number of ether oxygens (including phenoxy) is 1. The van der Waals surface area contributed by atoms with Crippen molar-refractivity contribution in [2.45, 2.75) is 37.9 Å². The maximum absolute atomic E-state index is 5.50. The van der Waals surface area contributed by atoms with Gasteiger partial charge in [-0.1, -0.05) is 36.2 Å². The van der Waals surface area contributed by atoms with E-state index in [9.17, 15) is 0 Å². The van der Waals surface area contributed by atoms with Crippen molar-refractivity contribution in [3.05, 3.63) is 0 Å². The first kappa shape index (κ1) is 14.4. The summed E-state index contributed by atoms with van der Waals surface area (Å²) in [6.45, 7) is 8.35. The zero-order valence-electron chi connectivity index (χ0n) is 9.76. The molecule has 0 aromatic rings. The Labute approximate surface area is 97.1 Å². The standard InChI is InChI=1S/C11H24BrNO/c1-4-5-9-14-10-8-13(3)7-6-11(2)12/h11H,4-10H2,1-3H3. The molecule has 0 radical (unpaired) electrons. The molecule has 0 bridgehead atoms. The molecule has 0 aliphatic heterocycles. The van der Waals surface area contributed by atoms with E-state index in [0.29, 0.717) is 4.83 Å². The summed E-state index contributed by atoms with van der Waals surface area (Å²) in [5.41, 5.74) is 0. The molecular formula is C11H24BrNO. The van der Waals surface area contributed by atoms with Gasteiger partial charge in [0.05, 0.1) is 6.61 Å². The van der Waals surface area contributed by atoms with Crippen LogP contribution in [0.1, 0.15) is 33.1 Å². The highest BCUT2D eigenvalue weighted by atomic mass is 79.9. The van der Waals surface area contributed by atoms with Crippen molar-refractivity contribution in [3.8, 4) is 0 Å². The highest BCUT2D eigenvalue weighted by Crippen LogP contribution is 2.03. The molecular weight excluding hydrogens is 242 g/mol. The highest BCUT2D eigenvalue weighted by Gasteiger charge is 2.00. The van der Waals surface area contributed by atoms with Gasteiger partial charge in [0, 0.05) is 18.0 Å². The van der Waals surface area contributed by atoms with Gasteiger partial charge >= 0.3 is 0 Å². The summed E-state index contributed by atoms with van der Waals surface area (Å²) in [5, 5.41) is 0. The molecule has 0 saturated carbocycles. The van der Waals surface area contributed by atoms with Gasteiger partial charge in [-0.2, -0.15) is 0 Å². The lowest BCUT2D eigenvalue weighted by Gasteiger charge is -2.17. The molecule has 0 aromatic heterocycles. The lowest BCUT2D eigenvalue weighted by atomic mass is 10.3. The number of nitrogens with zero attached hydrogens (tertiary/aromatic N) is 1. The Kier molecular flexibility index (Phi) is 10.2. The van der Waals surface area contributed by atoms with Crippen molar-refractivity contribution >= 4 is 15.9 Å². The molecule has 1 atom stereocenters. The minimum Gasteiger partial charge on any atom is -0.380 e. The second-order valence-corrected chi connectivity index (χ2v) is 5.40. The Bertz CT molecular complexity index is 120. The van der Waals surface area contributed by atoms with E-state index < -0.39 is 0 Å². The van der Waals surface area contributed by atoms with Gasteiger partial charge in [-0.15, -0.1) is 0 Å². The van der Waals surface area contributed by atoms with E-state index in [1.165, 1.54) is 19.3 Å². The van der Waals surface area contributed by atoms with E-state index in [1.54, 1.807) is 0 Å². The van der Waals surface area contributed by atoms with Crippen LogP contribution in [0.3, 0.4) is 0 Å². The molecule has 0 aliphatic carbocycles. The van der Waals surface area contributed by atoms with Crippen LogP contribution in [0, 0.1) is 0 Å². The van der Waals surface area contributed by atoms with Gasteiger partial charge in [-0.25, -0.2) is 0 Å². The average Bonchev–Trinajstić information content (AvgIpc) is 2.14. The lowest BCUT2D eigenvalue weighted by molar-refractivity contribution is 0.109. The van der Waals surface area contributed by atoms with E-state index in [0.717, 1.165) is 26.3 Å². The third-order valence-electron chi connectivity index (χ3n) is 2.17. The molecule has 0 fully saturated rings. The fraction of sp³-hybridized carbons (Fsp3) is 1.00. The third-order valence-corrected chi connectivity index (χ3v) is 2.63. The topological polar surface area (TPSA) is 12.5 Å². The number of alkyl halides is 1. The Morgan fingerprint density at radius 1 is 1.29 bits per heavy atom. The fourth-order valence-electron chi connectivity index (χ4n) is 1.08. The largest absolute Gasteiger partial charge is 0.380 e. The van der Waals surface area contributed by atoms with Crippen LogP contribution in [0.25, 0.3) is 0 Å². The SMILES string of the molecule is CCCCOCCN(C)CCC(C)Br. The first-order valence-corrected chi connectivity index (χ1v) is 6.48. The number of unbranched alkanes of at least 4 members (excludes halogenated alkanes) is 1. The van der Waals surface area contributed by atoms with Crippen molar-refractivity contribution in [2.75, 3.05) is 33.4 Å². The van der Waals surface area contributed by atoms with Gasteiger partial charge in [0.15, 0.2) is 0 Å². The lowest BCUT2D eigenvalue weighted by Crippen LogP contribution is -2.25. The summed E-state index contributed by atoms with van der Waals surface area (Å²) in [4.78, 5) is 2.94. The molecule has 0 rings (SSSR count). The molecule has 0 saturated heterocycles. The summed E-state index contributed by atoms with van der Waals surface area (Å²) in [6.07, 6.45) is 3.60. The predicted molar refractivity (Wildman–Crippen MR) is 66.2 cm³/mol. The molecule has 0 amide bonds. The minimum atomic E-state index is 0.617. The molecule has 0 aliphatic rings. The number of likely N-dealkylation sites (N-methyl/N-ethyl adjacent to an activating group) is 1. The van der Waals surface area contributed by atoms with Crippen LogP contribution in [0.4, 0.5) is 0 Å². The first-order valence-electron chi connectivity index (χ1n) is 5.57. The fourth-order valence-corrected chi connectivity index (χ4v) is 1.28. The monoisotopic (exact) mass is 265 g/mol. The van der Waals surface area contributed by atoms with E-state index in [2.05, 4.69) is 41.7 Å². The highest BCUT2D eigenvalue weighted by molar-refractivity contribution is 9.09. The summed E-state index contributed by atoms with van der Waals surface area (Å²) in [5.74, 6) is 0.